The monoisotopic (exact) mass is 266 g/mol. The Morgan fingerprint density at radius 3 is 2.70 bits per heavy atom. The Morgan fingerprint density at radius 2 is 1.95 bits per heavy atom. The second-order valence-corrected chi connectivity index (χ2v) is 5.18. The predicted molar refractivity (Wildman–Crippen MR) is 79.3 cm³/mol. The van der Waals surface area contributed by atoms with Crippen LogP contribution < -0.4 is 4.74 Å². The van der Waals surface area contributed by atoms with Gasteiger partial charge in [0.25, 0.3) is 0 Å². The van der Waals surface area contributed by atoms with Gasteiger partial charge in [0.1, 0.15) is 5.75 Å². The van der Waals surface area contributed by atoms with E-state index in [4.69, 9.17) is 4.74 Å². The van der Waals surface area contributed by atoms with Crippen molar-refractivity contribution in [2.45, 2.75) is 32.3 Å². The summed E-state index contributed by atoms with van der Waals surface area (Å²) in [5, 5.41) is 0. The molecule has 1 aliphatic rings. The number of aryl methyl sites for hydroxylation is 1. The Hall–Kier alpha value is -2.09. The Balaban J connectivity index is 1.89. The van der Waals surface area contributed by atoms with Crippen LogP contribution in [0.3, 0.4) is 0 Å². The summed E-state index contributed by atoms with van der Waals surface area (Å²) >= 11 is 0. The number of benzene rings is 2. The second kappa shape index (κ2) is 5.49. The van der Waals surface area contributed by atoms with Gasteiger partial charge < -0.3 is 4.74 Å². The van der Waals surface area contributed by atoms with Gasteiger partial charge >= 0.3 is 0 Å². The van der Waals surface area contributed by atoms with Crippen molar-refractivity contribution < 1.29 is 9.53 Å². The van der Waals surface area contributed by atoms with Crippen molar-refractivity contribution >= 4 is 5.78 Å². The fraction of sp³-hybridized carbons (Fsp3) is 0.278. The highest BCUT2D eigenvalue weighted by Crippen LogP contribution is 2.27. The highest BCUT2D eigenvalue weighted by molar-refractivity contribution is 6.10. The standard InChI is InChI=1S/C18H18O2/c1-2-13-6-3-4-9-17(13)18(19)14-7-5-8-16(12-14)20-15-10-11-15/h3-9,12,15H,2,10-11H2,1H3. The van der Waals surface area contributed by atoms with E-state index in [0.29, 0.717) is 11.7 Å². The Bertz CT molecular complexity index is 627. The molecule has 0 bridgehead atoms. The van der Waals surface area contributed by atoms with Gasteiger partial charge in [0, 0.05) is 11.1 Å². The van der Waals surface area contributed by atoms with Crippen LogP contribution in [0.5, 0.6) is 5.75 Å². The van der Waals surface area contributed by atoms with Gasteiger partial charge in [0.05, 0.1) is 6.10 Å². The molecule has 3 rings (SSSR count). The Labute approximate surface area is 119 Å². The molecule has 0 heterocycles. The quantitative estimate of drug-likeness (QED) is 0.764. The molecule has 0 unspecified atom stereocenters. The third-order valence-electron chi connectivity index (χ3n) is 3.57. The van der Waals surface area contributed by atoms with E-state index in [2.05, 4.69) is 6.92 Å². The molecule has 0 aromatic heterocycles. The molecule has 0 amide bonds. The van der Waals surface area contributed by atoms with Gasteiger partial charge in [-0.15, -0.1) is 0 Å². The topological polar surface area (TPSA) is 26.3 Å². The first-order chi connectivity index (χ1) is 9.78. The van der Waals surface area contributed by atoms with Crippen LogP contribution in [0, 0.1) is 0 Å². The molecule has 102 valence electrons. The van der Waals surface area contributed by atoms with Crippen molar-refractivity contribution in [1.82, 2.24) is 0 Å². The van der Waals surface area contributed by atoms with Crippen LogP contribution in [0.4, 0.5) is 0 Å². The van der Waals surface area contributed by atoms with E-state index in [1.54, 1.807) is 0 Å². The smallest absolute Gasteiger partial charge is 0.193 e. The summed E-state index contributed by atoms with van der Waals surface area (Å²) in [5.41, 5.74) is 2.58. The molecule has 2 nitrogen and oxygen atoms in total. The molecular formula is C18H18O2. The minimum atomic E-state index is 0.0729. The first kappa shape index (κ1) is 12.9. The summed E-state index contributed by atoms with van der Waals surface area (Å²) in [7, 11) is 0. The van der Waals surface area contributed by atoms with Crippen LogP contribution in [0.15, 0.2) is 48.5 Å². The molecule has 20 heavy (non-hydrogen) atoms. The Kier molecular flexibility index (Phi) is 3.55. The van der Waals surface area contributed by atoms with Gasteiger partial charge in [-0.25, -0.2) is 0 Å². The van der Waals surface area contributed by atoms with Crippen molar-refractivity contribution in [3.8, 4) is 5.75 Å². The molecule has 2 aromatic rings. The zero-order valence-corrected chi connectivity index (χ0v) is 11.6. The molecule has 0 spiro atoms. The first-order valence-electron chi connectivity index (χ1n) is 7.17. The lowest BCUT2D eigenvalue weighted by molar-refractivity contribution is 0.103. The molecule has 0 aliphatic heterocycles. The molecule has 2 aromatic carbocycles. The van der Waals surface area contributed by atoms with E-state index in [9.17, 15) is 4.79 Å². The number of rotatable bonds is 5. The number of ketones is 1. The maximum Gasteiger partial charge on any atom is 0.193 e. The minimum Gasteiger partial charge on any atom is -0.490 e. The van der Waals surface area contributed by atoms with Crippen LogP contribution in [-0.2, 0) is 6.42 Å². The highest BCUT2D eigenvalue weighted by atomic mass is 16.5. The van der Waals surface area contributed by atoms with E-state index in [0.717, 1.165) is 36.1 Å². The van der Waals surface area contributed by atoms with E-state index >= 15 is 0 Å². The fourth-order valence-electron chi connectivity index (χ4n) is 2.29. The van der Waals surface area contributed by atoms with Crippen LogP contribution in [0.25, 0.3) is 0 Å². The normalized spacial score (nSPS) is 14.1. The van der Waals surface area contributed by atoms with E-state index in [-0.39, 0.29) is 5.78 Å². The summed E-state index contributed by atoms with van der Waals surface area (Å²) in [6.45, 7) is 2.07. The maximum atomic E-state index is 12.6. The lowest BCUT2D eigenvalue weighted by Crippen LogP contribution is -2.05. The second-order valence-electron chi connectivity index (χ2n) is 5.18. The Morgan fingerprint density at radius 1 is 1.15 bits per heavy atom. The average Bonchev–Trinajstić information content (AvgIpc) is 3.30. The van der Waals surface area contributed by atoms with Crippen LogP contribution in [-0.4, -0.2) is 11.9 Å². The zero-order valence-electron chi connectivity index (χ0n) is 11.6. The van der Waals surface area contributed by atoms with Gasteiger partial charge in [-0.3, -0.25) is 4.79 Å². The van der Waals surface area contributed by atoms with Gasteiger partial charge in [0.15, 0.2) is 5.78 Å². The summed E-state index contributed by atoms with van der Waals surface area (Å²) < 4.78 is 5.76. The van der Waals surface area contributed by atoms with Gasteiger partial charge in [-0.1, -0.05) is 43.3 Å². The predicted octanol–water partition coefficient (Wildman–Crippen LogP) is 4.02. The van der Waals surface area contributed by atoms with Crippen molar-refractivity contribution in [2.75, 3.05) is 0 Å². The summed E-state index contributed by atoms with van der Waals surface area (Å²) in [4.78, 5) is 12.6. The third-order valence-corrected chi connectivity index (χ3v) is 3.57. The number of carbonyl (C=O) groups excluding carboxylic acids is 1. The molecule has 2 heteroatoms. The number of ether oxygens (including phenoxy) is 1. The van der Waals surface area contributed by atoms with Crippen molar-refractivity contribution in [3.05, 3.63) is 65.2 Å². The SMILES string of the molecule is CCc1ccccc1C(=O)c1cccc(OC2CC2)c1. The average molecular weight is 266 g/mol. The summed E-state index contributed by atoms with van der Waals surface area (Å²) in [6.07, 6.45) is 3.46. The van der Waals surface area contributed by atoms with Crippen LogP contribution in [0.1, 0.15) is 41.3 Å². The summed E-state index contributed by atoms with van der Waals surface area (Å²) in [5.74, 6) is 0.871. The number of hydrogen-bond donors (Lipinski definition) is 0. The summed E-state index contributed by atoms with van der Waals surface area (Å²) in [6, 6.07) is 15.3. The first-order valence-corrected chi connectivity index (χ1v) is 7.17. The molecule has 0 N–H and O–H groups in total. The molecule has 1 aliphatic carbocycles. The van der Waals surface area contributed by atoms with Gasteiger partial charge in [0.2, 0.25) is 0 Å². The highest BCUT2D eigenvalue weighted by Gasteiger charge is 2.23. The molecule has 1 fully saturated rings. The van der Waals surface area contributed by atoms with Gasteiger partial charge in [-0.05, 0) is 37.0 Å². The number of carbonyl (C=O) groups is 1. The maximum absolute atomic E-state index is 12.6. The van der Waals surface area contributed by atoms with Crippen molar-refractivity contribution in [3.63, 3.8) is 0 Å². The molecule has 1 saturated carbocycles. The van der Waals surface area contributed by atoms with Gasteiger partial charge in [-0.2, -0.15) is 0 Å². The van der Waals surface area contributed by atoms with E-state index in [1.807, 2.05) is 48.5 Å². The number of hydrogen-bond acceptors (Lipinski definition) is 2. The molecule has 0 atom stereocenters. The lowest BCUT2D eigenvalue weighted by Gasteiger charge is -2.09. The largest absolute Gasteiger partial charge is 0.490 e. The molecule has 0 saturated heterocycles. The van der Waals surface area contributed by atoms with Crippen LogP contribution >= 0.6 is 0 Å². The molecular weight excluding hydrogens is 248 g/mol. The fourth-order valence-corrected chi connectivity index (χ4v) is 2.29. The third kappa shape index (κ3) is 2.74. The van der Waals surface area contributed by atoms with Crippen LogP contribution in [0.2, 0.25) is 0 Å². The van der Waals surface area contributed by atoms with Crippen molar-refractivity contribution in [1.29, 1.82) is 0 Å². The van der Waals surface area contributed by atoms with E-state index in [1.165, 1.54) is 0 Å². The minimum absolute atomic E-state index is 0.0729. The zero-order chi connectivity index (χ0) is 13.9. The molecule has 0 radical (unpaired) electrons. The van der Waals surface area contributed by atoms with Crippen molar-refractivity contribution in [2.24, 2.45) is 0 Å². The van der Waals surface area contributed by atoms with E-state index < -0.39 is 0 Å². The lowest BCUT2D eigenvalue weighted by atomic mass is 9.97.